The molecule has 3 aromatic rings. The van der Waals surface area contributed by atoms with E-state index in [2.05, 4.69) is 15.4 Å². The van der Waals surface area contributed by atoms with Crippen LogP contribution in [0.2, 0.25) is 0 Å². The number of nitrogens with zero attached hydrogens (tertiary/aromatic N) is 3. The smallest absolute Gasteiger partial charge is 0.341 e. The minimum Gasteiger partial charge on any atom is -0.352 e. The Labute approximate surface area is 172 Å². The van der Waals surface area contributed by atoms with Crippen LogP contribution >= 0.6 is 0 Å². The van der Waals surface area contributed by atoms with E-state index in [0.717, 1.165) is 23.0 Å². The van der Waals surface area contributed by atoms with Crippen LogP contribution in [-0.2, 0) is 16.3 Å². The number of hydrogen-bond donors (Lipinski definition) is 1. The highest BCUT2D eigenvalue weighted by Gasteiger charge is 2.30. The number of pyridine rings is 1. The van der Waals surface area contributed by atoms with Crippen LogP contribution in [0.3, 0.4) is 0 Å². The number of aromatic nitrogens is 3. The largest absolute Gasteiger partial charge is 0.352 e. The second kappa shape index (κ2) is 8.70. The summed E-state index contributed by atoms with van der Waals surface area (Å²) in [5, 5.41) is 7.08. The van der Waals surface area contributed by atoms with E-state index in [4.69, 9.17) is 0 Å². The van der Waals surface area contributed by atoms with E-state index in [1.54, 1.807) is 16.9 Å². The second-order valence-electron chi connectivity index (χ2n) is 6.56. The minimum absolute atomic E-state index is 0.178. The first-order valence-electron chi connectivity index (χ1n) is 9.09. The molecule has 1 aromatic carbocycles. The van der Waals surface area contributed by atoms with Crippen LogP contribution in [-0.4, -0.2) is 41.4 Å². The zero-order valence-corrected chi connectivity index (χ0v) is 17.2. The molecule has 0 unspecified atom stereocenters. The number of alkyl halides is 2. The quantitative estimate of drug-likeness (QED) is 0.617. The van der Waals surface area contributed by atoms with Crippen molar-refractivity contribution >= 4 is 15.7 Å². The number of nitrogens with one attached hydrogen (secondary N) is 1. The maximum atomic E-state index is 12.9. The summed E-state index contributed by atoms with van der Waals surface area (Å²) in [4.78, 5) is 16.1. The highest BCUT2D eigenvalue weighted by atomic mass is 32.2. The number of amides is 1. The Kier molecular flexibility index (Phi) is 6.25. The molecule has 0 aliphatic carbocycles. The number of carbonyl (C=O) groups excluding carboxylic acids is 1. The third kappa shape index (κ3) is 4.23. The van der Waals surface area contributed by atoms with Crippen molar-refractivity contribution in [3.05, 3.63) is 71.2 Å². The topological polar surface area (TPSA) is 93.9 Å². The summed E-state index contributed by atoms with van der Waals surface area (Å²) in [7, 11) is -4.88. The minimum atomic E-state index is -4.88. The lowest BCUT2D eigenvalue weighted by Gasteiger charge is -2.11. The molecule has 0 bridgehead atoms. The molecule has 10 heteroatoms. The Bertz CT molecular complexity index is 1160. The predicted octanol–water partition coefficient (Wildman–Crippen LogP) is 2.85. The Balaban J connectivity index is 1.75. The fourth-order valence-corrected chi connectivity index (χ4v) is 4.06. The van der Waals surface area contributed by atoms with Gasteiger partial charge in [0.25, 0.3) is 5.91 Å². The van der Waals surface area contributed by atoms with Gasteiger partial charge in [0, 0.05) is 18.4 Å². The van der Waals surface area contributed by atoms with Crippen molar-refractivity contribution in [2.75, 3.05) is 6.54 Å². The van der Waals surface area contributed by atoms with Crippen molar-refractivity contribution in [1.82, 2.24) is 20.1 Å². The summed E-state index contributed by atoms with van der Waals surface area (Å²) in [5.74, 6) is -3.67. The molecule has 1 N–H and O–H groups in total. The number of sulfone groups is 1. The zero-order valence-electron chi connectivity index (χ0n) is 16.3. The van der Waals surface area contributed by atoms with Crippen LogP contribution < -0.4 is 5.32 Å². The Hall–Kier alpha value is -3.14. The molecule has 0 aliphatic rings. The normalized spacial score (nSPS) is 11.6. The van der Waals surface area contributed by atoms with Gasteiger partial charge in [-0.15, -0.1) is 0 Å². The van der Waals surface area contributed by atoms with Crippen LogP contribution in [0.4, 0.5) is 8.78 Å². The van der Waals surface area contributed by atoms with Gasteiger partial charge in [0.15, 0.2) is 5.82 Å². The number of aryl methyl sites for hydroxylation is 1. The number of carbonyl (C=O) groups is 1. The maximum absolute atomic E-state index is 12.9. The summed E-state index contributed by atoms with van der Waals surface area (Å²) in [6, 6.07) is 10.4. The highest BCUT2D eigenvalue weighted by molar-refractivity contribution is 7.91. The first-order chi connectivity index (χ1) is 14.2. The van der Waals surface area contributed by atoms with Crippen molar-refractivity contribution in [1.29, 1.82) is 0 Å². The molecule has 0 saturated heterocycles. The number of halogens is 2. The summed E-state index contributed by atoms with van der Waals surface area (Å²) >= 11 is 0. The van der Waals surface area contributed by atoms with E-state index in [0.29, 0.717) is 12.2 Å². The predicted molar refractivity (Wildman–Crippen MR) is 107 cm³/mol. The molecule has 2 heterocycles. The Morgan fingerprint density at radius 3 is 2.50 bits per heavy atom. The van der Waals surface area contributed by atoms with E-state index in [1.165, 1.54) is 18.2 Å². The Morgan fingerprint density at radius 1 is 1.13 bits per heavy atom. The van der Waals surface area contributed by atoms with Crippen LogP contribution in [0.5, 0.6) is 0 Å². The van der Waals surface area contributed by atoms with Gasteiger partial charge in [-0.3, -0.25) is 4.79 Å². The molecule has 0 fully saturated rings. The molecule has 1 amide bonds. The summed E-state index contributed by atoms with van der Waals surface area (Å²) < 4.78 is 51.2. The molecule has 7 nitrogen and oxygen atoms in total. The van der Waals surface area contributed by atoms with Crippen molar-refractivity contribution < 1.29 is 22.0 Å². The molecule has 0 aliphatic heterocycles. The Morgan fingerprint density at radius 2 is 1.83 bits per heavy atom. The van der Waals surface area contributed by atoms with E-state index in [9.17, 15) is 22.0 Å². The molecule has 0 atom stereocenters. The van der Waals surface area contributed by atoms with Gasteiger partial charge < -0.3 is 5.32 Å². The monoisotopic (exact) mass is 434 g/mol. The van der Waals surface area contributed by atoms with Crippen molar-refractivity contribution in [3.63, 3.8) is 0 Å². The standard InChI is InChI=1S/C20H20F2N4O3S/c1-13-15(14(2)26(25-13)18-9-5-6-11-23-18)10-12-24-19(27)16-7-3-4-8-17(16)30(28,29)20(21)22/h3-9,11,20H,10,12H2,1-2H3,(H,24,27). The molecule has 158 valence electrons. The molecular formula is C20H20F2N4O3S. The molecular weight excluding hydrogens is 414 g/mol. The van der Waals surface area contributed by atoms with Gasteiger partial charge in [-0.2, -0.15) is 13.9 Å². The number of hydrogen-bond acceptors (Lipinski definition) is 5. The third-order valence-electron chi connectivity index (χ3n) is 4.64. The fourth-order valence-electron chi connectivity index (χ4n) is 3.13. The number of rotatable bonds is 7. The van der Waals surface area contributed by atoms with Crippen molar-refractivity contribution in [2.24, 2.45) is 0 Å². The zero-order chi connectivity index (χ0) is 21.9. The highest BCUT2D eigenvalue weighted by Crippen LogP contribution is 2.22. The summed E-state index contributed by atoms with van der Waals surface area (Å²) in [5.41, 5.74) is 2.24. The molecule has 3 rings (SSSR count). The lowest BCUT2D eigenvalue weighted by atomic mass is 10.1. The summed E-state index contributed by atoms with van der Waals surface area (Å²) in [6.07, 6.45) is 2.09. The van der Waals surface area contributed by atoms with Crippen LogP contribution in [0.15, 0.2) is 53.6 Å². The second-order valence-corrected chi connectivity index (χ2v) is 8.44. The van der Waals surface area contributed by atoms with Gasteiger partial charge >= 0.3 is 5.76 Å². The first-order valence-corrected chi connectivity index (χ1v) is 10.6. The van der Waals surface area contributed by atoms with E-state index in [1.807, 2.05) is 26.0 Å². The van der Waals surface area contributed by atoms with Crippen LogP contribution in [0, 0.1) is 13.8 Å². The van der Waals surface area contributed by atoms with E-state index < -0.39 is 26.4 Å². The molecule has 0 radical (unpaired) electrons. The van der Waals surface area contributed by atoms with Crippen molar-refractivity contribution in [2.45, 2.75) is 30.9 Å². The molecule has 0 spiro atoms. The lowest BCUT2D eigenvalue weighted by molar-refractivity contribution is 0.0950. The van der Waals surface area contributed by atoms with Crippen molar-refractivity contribution in [3.8, 4) is 5.82 Å². The fraction of sp³-hybridized carbons (Fsp3) is 0.250. The molecule has 0 saturated carbocycles. The van der Waals surface area contributed by atoms with Gasteiger partial charge in [-0.05, 0) is 50.1 Å². The third-order valence-corrected chi connectivity index (χ3v) is 6.08. The van der Waals surface area contributed by atoms with Gasteiger partial charge in [0.05, 0.1) is 16.2 Å². The van der Waals surface area contributed by atoms with Gasteiger partial charge in [0.1, 0.15) is 0 Å². The lowest BCUT2D eigenvalue weighted by Crippen LogP contribution is -2.28. The van der Waals surface area contributed by atoms with E-state index >= 15 is 0 Å². The summed E-state index contributed by atoms with van der Waals surface area (Å²) in [6.45, 7) is 3.90. The van der Waals surface area contributed by atoms with Crippen LogP contribution in [0.25, 0.3) is 5.82 Å². The van der Waals surface area contributed by atoms with Crippen LogP contribution in [0.1, 0.15) is 27.3 Å². The molecule has 30 heavy (non-hydrogen) atoms. The van der Waals surface area contributed by atoms with Gasteiger partial charge in [0.2, 0.25) is 9.84 Å². The SMILES string of the molecule is Cc1nn(-c2ccccn2)c(C)c1CCNC(=O)c1ccccc1S(=O)(=O)C(F)F. The maximum Gasteiger partial charge on any atom is 0.341 e. The van der Waals surface area contributed by atoms with E-state index in [-0.39, 0.29) is 12.1 Å². The molecule has 2 aromatic heterocycles. The van der Waals surface area contributed by atoms with Gasteiger partial charge in [-0.25, -0.2) is 18.1 Å². The average molecular weight is 434 g/mol. The van der Waals surface area contributed by atoms with Gasteiger partial charge in [-0.1, -0.05) is 18.2 Å². The average Bonchev–Trinajstić information content (AvgIpc) is 3.02. The first kappa shape index (κ1) is 21.6. The number of benzene rings is 1.